The maximum absolute atomic E-state index is 5.88. The van der Waals surface area contributed by atoms with Crippen molar-refractivity contribution in [3.05, 3.63) is 59.4 Å². The topological polar surface area (TPSA) is 42.9 Å². The van der Waals surface area contributed by atoms with E-state index in [-0.39, 0.29) is 6.10 Å². The normalized spacial score (nSPS) is 19.5. The Labute approximate surface area is 135 Å². The number of hydrogen-bond donors (Lipinski definition) is 0. The summed E-state index contributed by atoms with van der Waals surface area (Å²) in [5, 5.41) is 0. The molecule has 120 valence electrons. The first-order valence-electron chi connectivity index (χ1n) is 8.02. The fraction of sp³-hybridized carbons (Fsp3) is 0.389. The Morgan fingerprint density at radius 2 is 2.17 bits per heavy atom. The predicted molar refractivity (Wildman–Crippen MR) is 87.3 cm³/mol. The molecular weight excluding hydrogens is 290 g/mol. The van der Waals surface area contributed by atoms with E-state index in [0.29, 0.717) is 0 Å². The van der Waals surface area contributed by atoms with Gasteiger partial charge in [0.05, 0.1) is 18.5 Å². The molecule has 1 unspecified atom stereocenters. The maximum atomic E-state index is 5.88. The zero-order valence-electron chi connectivity index (χ0n) is 13.5. The van der Waals surface area contributed by atoms with Crippen LogP contribution in [0.4, 0.5) is 0 Å². The average Bonchev–Trinajstić information content (AvgIpc) is 3.16. The van der Waals surface area contributed by atoms with E-state index in [1.54, 1.807) is 0 Å². The molecule has 1 aliphatic rings. The SMILES string of the molecule is Cc1ccc(C2CN(Cc3cnc4c(C)cccn34)CCO2)o1. The van der Waals surface area contributed by atoms with Crippen molar-refractivity contribution in [2.75, 3.05) is 19.7 Å². The van der Waals surface area contributed by atoms with Gasteiger partial charge in [0.15, 0.2) is 0 Å². The number of fused-ring (bicyclic) bond motifs is 1. The Balaban J connectivity index is 1.52. The molecule has 1 atom stereocenters. The molecule has 4 rings (SSSR count). The van der Waals surface area contributed by atoms with Crippen molar-refractivity contribution < 1.29 is 9.15 Å². The highest BCUT2D eigenvalue weighted by Crippen LogP contribution is 2.25. The van der Waals surface area contributed by atoms with Crippen LogP contribution >= 0.6 is 0 Å². The zero-order chi connectivity index (χ0) is 15.8. The van der Waals surface area contributed by atoms with Crippen molar-refractivity contribution in [2.45, 2.75) is 26.5 Å². The summed E-state index contributed by atoms with van der Waals surface area (Å²) < 4.78 is 13.8. The average molecular weight is 311 g/mol. The van der Waals surface area contributed by atoms with E-state index in [2.05, 4.69) is 39.5 Å². The van der Waals surface area contributed by atoms with E-state index in [1.807, 2.05) is 25.3 Å². The van der Waals surface area contributed by atoms with Crippen LogP contribution in [0.5, 0.6) is 0 Å². The standard InChI is InChI=1S/C18H21N3O2/c1-13-4-3-7-21-15(10-19-18(13)21)11-20-8-9-22-17(12-20)16-6-5-14(2)23-16/h3-7,10,17H,8-9,11-12H2,1-2H3. The Morgan fingerprint density at radius 1 is 1.26 bits per heavy atom. The summed E-state index contributed by atoms with van der Waals surface area (Å²) in [6, 6.07) is 8.17. The predicted octanol–water partition coefficient (Wildman–Crippen LogP) is 3.12. The lowest BCUT2D eigenvalue weighted by Crippen LogP contribution is -2.37. The Morgan fingerprint density at radius 3 is 3.00 bits per heavy atom. The minimum absolute atomic E-state index is 0.0124. The molecule has 3 aromatic rings. The molecular formula is C18H21N3O2. The van der Waals surface area contributed by atoms with Gasteiger partial charge in [-0.1, -0.05) is 6.07 Å². The molecule has 1 aliphatic heterocycles. The van der Waals surface area contributed by atoms with Gasteiger partial charge < -0.3 is 13.6 Å². The van der Waals surface area contributed by atoms with Crippen LogP contribution in [0.15, 0.2) is 41.1 Å². The Kier molecular flexibility index (Phi) is 3.67. The zero-order valence-corrected chi connectivity index (χ0v) is 13.5. The van der Waals surface area contributed by atoms with Crippen molar-refractivity contribution in [3.63, 3.8) is 0 Å². The summed E-state index contributed by atoms with van der Waals surface area (Å²) in [6.45, 7) is 7.41. The lowest BCUT2D eigenvalue weighted by Gasteiger charge is -2.31. The number of imidazole rings is 1. The number of ether oxygens (including phenoxy) is 1. The van der Waals surface area contributed by atoms with Crippen LogP contribution < -0.4 is 0 Å². The first kappa shape index (κ1) is 14.5. The van der Waals surface area contributed by atoms with Gasteiger partial charge in [-0.05, 0) is 37.6 Å². The Hall–Kier alpha value is -2.11. The van der Waals surface area contributed by atoms with E-state index < -0.39 is 0 Å². The molecule has 0 N–H and O–H groups in total. The molecule has 0 aromatic carbocycles. The van der Waals surface area contributed by atoms with E-state index in [0.717, 1.165) is 43.4 Å². The van der Waals surface area contributed by atoms with Gasteiger partial charge in [-0.15, -0.1) is 0 Å². The number of nitrogens with zero attached hydrogens (tertiary/aromatic N) is 3. The maximum Gasteiger partial charge on any atom is 0.139 e. The van der Waals surface area contributed by atoms with Crippen molar-refractivity contribution >= 4 is 5.65 Å². The first-order valence-corrected chi connectivity index (χ1v) is 8.02. The summed E-state index contributed by atoms with van der Waals surface area (Å²) in [4.78, 5) is 6.95. The summed E-state index contributed by atoms with van der Waals surface area (Å²) >= 11 is 0. The molecule has 0 spiro atoms. The lowest BCUT2D eigenvalue weighted by atomic mass is 10.2. The molecule has 3 aromatic heterocycles. The van der Waals surface area contributed by atoms with E-state index in [4.69, 9.17) is 9.15 Å². The van der Waals surface area contributed by atoms with Crippen LogP contribution in [-0.4, -0.2) is 34.0 Å². The second kappa shape index (κ2) is 5.83. The number of rotatable bonds is 3. The number of aromatic nitrogens is 2. The fourth-order valence-corrected chi connectivity index (χ4v) is 3.19. The van der Waals surface area contributed by atoms with Crippen molar-refractivity contribution in [3.8, 4) is 0 Å². The second-order valence-corrected chi connectivity index (χ2v) is 6.18. The first-order chi connectivity index (χ1) is 11.2. The van der Waals surface area contributed by atoms with Crippen LogP contribution in [0, 0.1) is 13.8 Å². The van der Waals surface area contributed by atoms with Crippen LogP contribution in [0.1, 0.15) is 28.9 Å². The molecule has 1 saturated heterocycles. The van der Waals surface area contributed by atoms with Gasteiger partial charge in [0.2, 0.25) is 0 Å². The molecule has 5 nitrogen and oxygen atoms in total. The van der Waals surface area contributed by atoms with E-state index >= 15 is 0 Å². The van der Waals surface area contributed by atoms with Gasteiger partial charge in [0, 0.05) is 25.8 Å². The molecule has 0 amide bonds. The van der Waals surface area contributed by atoms with Crippen LogP contribution in [0.25, 0.3) is 5.65 Å². The summed E-state index contributed by atoms with van der Waals surface area (Å²) in [6.07, 6.45) is 4.07. The number of aryl methyl sites for hydroxylation is 2. The monoisotopic (exact) mass is 311 g/mol. The molecule has 1 fully saturated rings. The van der Waals surface area contributed by atoms with Gasteiger partial charge in [-0.25, -0.2) is 4.98 Å². The third-order valence-corrected chi connectivity index (χ3v) is 4.42. The number of furan rings is 1. The van der Waals surface area contributed by atoms with Crippen molar-refractivity contribution in [2.24, 2.45) is 0 Å². The second-order valence-electron chi connectivity index (χ2n) is 6.18. The molecule has 5 heteroatoms. The van der Waals surface area contributed by atoms with E-state index in [1.165, 1.54) is 11.3 Å². The van der Waals surface area contributed by atoms with Gasteiger partial charge in [0.1, 0.15) is 23.3 Å². The van der Waals surface area contributed by atoms with Gasteiger partial charge in [-0.3, -0.25) is 4.90 Å². The molecule has 4 heterocycles. The fourth-order valence-electron chi connectivity index (χ4n) is 3.19. The smallest absolute Gasteiger partial charge is 0.139 e. The molecule has 0 aliphatic carbocycles. The molecule has 0 bridgehead atoms. The number of hydrogen-bond acceptors (Lipinski definition) is 4. The van der Waals surface area contributed by atoms with Gasteiger partial charge in [-0.2, -0.15) is 0 Å². The quantitative estimate of drug-likeness (QED) is 0.745. The van der Waals surface area contributed by atoms with Gasteiger partial charge >= 0.3 is 0 Å². The number of morpholine rings is 1. The minimum Gasteiger partial charge on any atom is -0.464 e. The lowest BCUT2D eigenvalue weighted by molar-refractivity contribution is -0.0434. The summed E-state index contributed by atoms with van der Waals surface area (Å²) in [7, 11) is 0. The van der Waals surface area contributed by atoms with Gasteiger partial charge in [0.25, 0.3) is 0 Å². The highest BCUT2D eigenvalue weighted by Gasteiger charge is 2.25. The molecule has 23 heavy (non-hydrogen) atoms. The van der Waals surface area contributed by atoms with Crippen LogP contribution in [0.3, 0.4) is 0 Å². The largest absolute Gasteiger partial charge is 0.464 e. The number of pyridine rings is 1. The highest BCUT2D eigenvalue weighted by atomic mass is 16.5. The Bertz CT molecular complexity index is 821. The van der Waals surface area contributed by atoms with E-state index in [9.17, 15) is 0 Å². The minimum atomic E-state index is 0.0124. The van der Waals surface area contributed by atoms with Crippen LogP contribution in [0.2, 0.25) is 0 Å². The van der Waals surface area contributed by atoms with Crippen molar-refractivity contribution in [1.29, 1.82) is 0 Å². The van der Waals surface area contributed by atoms with Crippen LogP contribution in [-0.2, 0) is 11.3 Å². The third-order valence-electron chi connectivity index (χ3n) is 4.42. The molecule has 0 saturated carbocycles. The highest BCUT2D eigenvalue weighted by molar-refractivity contribution is 5.48. The third kappa shape index (κ3) is 2.78. The summed E-state index contributed by atoms with van der Waals surface area (Å²) in [5.74, 6) is 1.85. The summed E-state index contributed by atoms with van der Waals surface area (Å²) in [5.41, 5.74) is 3.44. The van der Waals surface area contributed by atoms with Crippen molar-refractivity contribution in [1.82, 2.24) is 14.3 Å². The molecule has 0 radical (unpaired) electrons.